The quantitative estimate of drug-likeness (QED) is 0.509. The maximum absolute atomic E-state index is 14.3. The molecular formula is C22H17F4N3O4. The molecule has 0 radical (unpaired) electrons. The molecule has 33 heavy (non-hydrogen) atoms. The van der Waals surface area contributed by atoms with Crippen molar-refractivity contribution in [3.8, 4) is 11.4 Å². The SMILES string of the molecule is O=C(N[C@H](Cc1ccc(F)c(-c2noc(C3CC3)n2)c1)C(=O)O)c1cccc(C(F)(F)F)c1. The van der Waals surface area contributed by atoms with Crippen LogP contribution < -0.4 is 5.32 Å². The highest BCUT2D eigenvalue weighted by Crippen LogP contribution is 2.39. The molecule has 1 aliphatic rings. The zero-order valence-electron chi connectivity index (χ0n) is 16.9. The van der Waals surface area contributed by atoms with E-state index in [0.717, 1.165) is 37.1 Å². The fraction of sp³-hybridized carbons (Fsp3) is 0.273. The van der Waals surface area contributed by atoms with Crippen molar-refractivity contribution in [1.82, 2.24) is 15.5 Å². The Morgan fingerprint density at radius 1 is 1.18 bits per heavy atom. The second-order valence-electron chi connectivity index (χ2n) is 7.69. The molecule has 11 heteroatoms. The summed E-state index contributed by atoms with van der Waals surface area (Å²) >= 11 is 0. The van der Waals surface area contributed by atoms with E-state index in [-0.39, 0.29) is 29.3 Å². The lowest BCUT2D eigenvalue weighted by atomic mass is 10.0. The minimum atomic E-state index is -4.65. The lowest BCUT2D eigenvalue weighted by Gasteiger charge is -2.16. The van der Waals surface area contributed by atoms with Crippen molar-refractivity contribution < 1.29 is 36.8 Å². The zero-order valence-corrected chi connectivity index (χ0v) is 16.9. The molecule has 0 bridgehead atoms. The second-order valence-corrected chi connectivity index (χ2v) is 7.69. The van der Waals surface area contributed by atoms with Gasteiger partial charge in [-0.25, -0.2) is 9.18 Å². The van der Waals surface area contributed by atoms with E-state index in [2.05, 4.69) is 15.5 Å². The number of carbonyl (C=O) groups is 2. The fourth-order valence-corrected chi connectivity index (χ4v) is 3.23. The molecule has 2 aromatic carbocycles. The Balaban J connectivity index is 1.52. The van der Waals surface area contributed by atoms with E-state index in [9.17, 15) is 32.3 Å². The van der Waals surface area contributed by atoms with Crippen LogP contribution in [0.1, 0.15) is 46.1 Å². The number of alkyl halides is 3. The summed E-state index contributed by atoms with van der Waals surface area (Å²) in [6.07, 6.45) is -3.08. The van der Waals surface area contributed by atoms with Crippen molar-refractivity contribution in [2.45, 2.75) is 37.4 Å². The number of nitrogens with zero attached hydrogens (tertiary/aromatic N) is 2. The molecule has 1 heterocycles. The first-order valence-electron chi connectivity index (χ1n) is 9.95. The Hall–Kier alpha value is -3.76. The van der Waals surface area contributed by atoms with Crippen LogP contribution in [0.4, 0.5) is 17.6 Å². The van der Waals surface area contributed by atoms with Gasteiger partial charge in [0.2, 0.25) is 11.7 Å². The maximum Gasteiger partial charge on any atom is 0.416 e. The highest BCUT2D eigenvalue weighted by atomic mass is 19.4. The third-order valence-electron chi connectivity index (χ3n) is 5.14. The van der Waals surface area contributed by atoms with Crippen LogP contribution in [0.25, 0.3) is 11.4 Å². The van der Waals surface area contributed by atoms with Gasteiger partial charge in [-0.15, -0.1) is 0 Å². The summed E-state index contributed by atoms with van der Waals surface area (Å²) in [7, 11) is 0. The monoisotopic (exact) mass is 463 g/mol. The van der Waals surface area contributed by atoms with Gasteiger partial charge in [0, 0.05) is 17.9 Å². The Labute approximate surface area is 184 Å². The van der Waals surface area contributed by atoms with E-state index in [0.29, 0.717) is 17.5 Å². The van der Waals surface area contributed by atoms with Gasteiger partial charge in [0.1, 0.15) is 11.9 Å². The second kappa shape index (κ2) is 8.64. The number of amides is 1. The molecule has 1 saturated carbocycles. The third kappa shape index (κ3) is 5.18. The van der Waals surface area contributed by atoms with Gasteiger partial charge in [-0.1, -0.05) is 17.3 Å². The van der Waals surface area contributed by atoms with Crippen molar-refractivity contribution in [2.24, 2.45) is 0 Å². The molecule has 0 saturated heterocycles. The maximum atomic E-state index is 14.3. The normalized spacial score (nSPS) is 14.7. The van der Waals surface area contributed by atoms with E-state index >= 15 is 0 Å². The summed E-state index contributed by atoms with van der Waals surface area (Å²) < 4.78 is 58.2. The van der Waals surface area contributed by atoms with Crippen LogP contribution in [0.5, 0.6) is 0 Å². The average Bonchev–Trinajstić information content (AvgIpc) is 3.51. The Kier molecular flexibility index (Phi) is 5.88. The highest BCUT2D eigenvalue weighted by molar-refractivity contribution is 5.96. The van der Waals surface area contributed by atoms with E-state index in [1.165, 1.54) is 12.1 Å². The molecule has 7 nitrogen and oxygen atoms in total. The van der Waals surface area contributed by atoms with Crippen molar-refractivity contribution in [2.75, 3.05) is 0 Å². The largest absolute Gasteiger partial charge is 0.480 e. The van der Waals surface area contributed by atoms with Crippen LogP contribution in [0.3, 0.4) is 0 Å². The molecule has 4 rings (SSSR count). The van der Waals surface area contributed by atoms with Crippen molar-refractivity contribution in [3.05, 3.63) is 70.9 Å². The number of carbonyl (C=O) groups excluding carboxylic acids is 1. The number of benzene rings is 2. The Morgan fingerprint density at radius 3 is 2.61 bits per heavy atom. The van der Waals surface area contributed by atoms with Crippen molar-refractivity contribution in [3.63, 3.8) is 0 Å². The van der Waals surface area contributed by atoms with E-state index in [4.69, 9.17) is 4.52 Å². The summed E-state index contributed by atoms with van der Waals surface area (Å²) in [4.78, 5) is 28.3. The van der Waals surface area contributed by atoms with Crippen LogP contribution in [0.15, 0.2) is 47.0 Å². The van der Waals surface area contributed by atoms with E-state index < -0.39 is 35.5 Å². The fourth-order valence-electron chi connectivity index (χ4n) is 3.23. The standard InChI is InChI=1S/C22H17F4N3O4/c23-16-7-4-11(8-15(16)18-28-20(33-29-18)12-5-6-12)9-17(21(31)32)27-19(30)13-2-1-3-14(10-13)22(24,25)26/h1-4,7-8,10,12,17H,5-6,9H2,(H,27,30)(H,31,32)/t17-/m1/s1. The van der Waals surface area contributed by atoms with Gasteiger partial charge in [0.15, 0.2) is 0 Å². The van der Waals surface area contributed by atoms with Gasteiger partial charge in [-0.2, -0.15) is 18.2 Å². The molecule has 3 aromatic rings. The summed E-state index contributed by atoms with van der Waals surface area (Å²) in [5, 5.41) is 15.5. The Bertz CT molecular complexity index is 1200. The lowest BCUT2D eigenvalue weighted by molar-refractivity contribution is -0.139. The smallest absolute Gasteiger partial charge is 0.416 e. The van der Waals surface area contributed by atoms with E-state index in [1.54, 1.807) is 0 Å². The topological polar surface area (TPSA) is 105 Å². The average molecular weight is 463 g/mol. The molecule has 0 unspecified atom stereocenters. The summed E-state index contributed by atoms with van der Waals surface area (Å²) in [6.45, 7) is 0. The van der Waals surface area contributed by atoms with Gasteiger partial charge in [0.05, 0.1) is 11.1 Å². The highest BCUT2D eigenvalue weighted by Gasteiger charge is 2.32. The minimum absolute atomic E-state index is 0.0106. The molecule has 172 valence electrons. The van der Waals surface area contributed by atoms with Crippen LogP contribution in [-0.2, 0) is 17.4 Å². The minimum Gasteiger partial charge on any atom is -0.480 e. The number of hydrogen-bond donors (Lipinski definition) is 2. The first-order valence-corrected chi connectivity index (χ1v) is 9.95. The van der Waals surface area contributed by atoms with Gasteiger partial charge in [-0.05, 0) is 48.7 Å². The Morgan fingerprint density at radius 2 is 1.94 bits per heavy atom. The number of carboxylic acid groups (broad SMARTS) is 1. The van der Waals surface area contributed by atoms with Gasteiger partial charge >= 0.3 is 12.1 Å². The summed E-state index contributed by atoms with van der Waals surface area (Å²) in [6, 6.07) is 5.98. The first kappa shape index (κ1) is 22.4. The summed E-state index contributed by atoms with van der Waals surface area (Å²) in [5.41, 5.74) is -1.01. The van der Waals surface area contributed by atoms with Gasteiger partial charge in [0.25, 0.3) is 5.91 Å². The molecule has 1 atom stereocenters. The molecule has 1 amide bonds. The number of halogens is 4. The molecule has 0 aliphatic heterocycles. The third-order valence-corrected chi connectivity index (χ3v) is 5.14. The number of carboxylic acids is 1. The predicted octanol–water partition coefficient (Wildman–Crippen LogP) is 4.20. The number of rotatable bonds is 7. The first-order chi connectivity index (χ1) is 15.6. The molecule has 1 fully saturated rings. The molecule has 2 N–H and O–H groups in total. The van der Waals surface area contributed by atoms with Gasteiger partial charge < -0.3 is 14.9 Å². The molecular weight excluding hydrogens is 446 g/mol. The van der Waals surface area contributed by atoms with Crippen LogP contribution in [-0.4, -0.2) is 33.2 Å². The number of aliphatic carboxylic acids is 1. The molecule has 1 aromatic heterocycles. The number of aromatic nitrogens is 2. The number of hydrogen-bond acceptors (Lipinski definition) is 5. The summed E-state index contributed by atoms with van der Waals surface area (Å²) in [5.74, 6) is -2.43. The van der Waals surface area contributed by atoms with Crippen LogP contribution in [0, 0.1) is 5.82 Å². The predicted molar refractivity (Wildman–Crippen MR) is 106 cm³/mol. The van der Waals surface area contributed by atoms with Crippen LogP contribution in [0.2, 0.25) is 0 Å². The molecule has 0 spiro atoms. The van der Waals surface area contributed by atoms with Crippen molar-refractivity contribution >= 4 is 11.9 Å². The van der Waals surface area contributed by atoms with Crippen molar-refractivity contribution in [1.29, 1.82) is 0 Å². The number of nitrogens with one attached hydrogen (secondary N) is 1. The lowest BCUT2D eigenvalue weighted by Crippen LogP contribution is -2.42. The van der Waals surface area contributed by atoms with Gasteiger partial charge in [-0.3, -0.25) is 4.79 Å². The molecule has 1 aliphatic carbocycles. The van der Waals surface area contributed by atoms with Crippen LogP contribution >= 0.6 is 0 Å². The van der Waals surface area contributed by atoms with E-state index in [1.807, 2.05) is 0 Å². The zero-order chi connectivity index (χ0) is 23.8.